The van der Waals surface area contributed by atoms with E-state index in [1.807, 2.05) is 32.1 Å². The standard InChI is InChI=1S/C43H56ClN5O9S/c1-5-15-57-35-21-32-31(11-8-12-33(32)44)38(45-35)58-30-20-34-37(50)46-43(40(52)47-59(55,56)42(4)13-14-42)22-28(43)10-7-6-9-24(2)16-25(3)36(39(51)48(34)23-30)49(41(53)54)29-18-26-17-27(26)19-29/h7-8,10-12,21,24-30,34,36H,5-6,9,13-20,22-23H2,1-4H3,(H,46,50)(H,47,52)(H,53,54)/t24-,25-,26+,27+,28-,30-,34+,36+,43-/m1/s1. The van der Waals surface area contributed by atoms with Gasteiger partial charge in [0.05, 0.1) is 17.9 Å². The molecule has 1 aromatic heterocycles. The number of carboxylic acid groups (broad SMARTS) is 1. The number of benzene rings is 1. The third-order valence-corrected chi connectivity index (χ3v) is 16.3. The molecule has 6 aliphatic rings. The van der Waals surface area contributed by atoms with E-state index in [1.54, 1.807) is 25.1 Å². The second-order valence-corrected chi connectivity index (χ2v) is 21.0. The maximum absolute atomic E-state index is 15.3. The largest absolute Gasteiger partial charge is 0.478 e. The Balaban J connectivity index is 1.17. The highest BCUT2D eigenvalue weighted by atomic mass is 35.5. The van der Waals surface area contributed by atoms with E-state index in [9.17, 15) is 27.9 Å². The molecule has 16 heteroatoms. The van der Waals surface area contributed by atoms with Gasteiger partial charge in [-0.1, -0.05) is 50.6 Å². The third-order valence-electron chi connectivity index (χ3n) is 13.8. The van der Waals surface area contributed by atoms with E-state index in [0.717, 1.165) is 19.3 Å². The number of allylic oxidation sites excluding steroid dienone is 1. The van der Waals surface area contributed by atoms with E-state index >= 15 is 4.79 Å². The van der Waals surface area contributed by atoms with E-state index in [2.05, 4.69) is 21.9 Å². The van der Waals surface area contributed by atoms with Gasteiger partial charge in [0.2, 0.25) is 33.6 Å². The maximum atomic E-state index is 15.3. The predicted molar refractivity (Wildman–Crippen MR) is 220 cm³/mol. The average Bonchev–Trinajstić information content (AvgIpc) is 4.14. The number of hydrogen-bond donors (Lipinski definition) is 3. The first-order valence-corrected chi connectivity index (χ1v) is 23.2. The lowest BCUT2D eigenvalue weighted by atomic mass is 9.86. The van der Waals surface area contributed by atoms with Gasteiger partial charge in [-0.15, -0.1) is 0 Å². The Morgan fingerprint density at radius 3 is 2.54 bits per heavy atom. The number of rotatable bonds is 10. The van der Waals surface area contributed by atoms with Crippen LogP contribution in [0.4, 0.5) is 4.79 Å². The number of amides is 4. The molecule has 5 fully saturated rings. The summed E-state index contributed by atoms with van der Waals surface area (Å²) in [5.41, 5.74) is -1.56. The highest BCUT2D eigenvalue weighted by molar-refractivity contribution is 7.91. The highest BCUT2D eigenvalue weighted by Gasteiger charge is 2.63. The molecule has 2 aliphatic heterocycles. The number of halogens is 1. The van der Waals surface area contributed by atoms with Crippen molar-refractivity contribution >= 4 is 56.2 Å². The number of aromatic nitrogens is 1. The summed E-state index contributed by atoms with van der Waals surface area (Å²) in [5, 5.41) is 15.5. The number of pyridine rings is 1. The molecule has 4 aliphatic carbocycles. The maximum Gasteiger partial charge on any atom is 0.408 e. The van der Waals surface area contributed by atoms with Crippen molar-refractivity contribution < 1.29 is 42.2 Å². The van der Waals surface area contributed by atoms with Gasteiger partial charge >= 0.3 is 6.09 Å². The number of ether oxygens (including phenoxy) is 2. The summed E-state index contributed by atoms with van der Waals surface area (Å²) in [7, 11) is -4.02. The molecule has 2 aromatic rings. The van der Waals surface area contributed by atoms with Crippen LogP contribution in [0.1, 0.15) is 98.3 Å². The van der Waals surface area contributed by atoms with Crippen molar-refractivity contribution in [3.8, 4) is 11.8 Å². The van der Waals surface area contributed by atoms with Crippen LogP contribution in [-0.2, 0) is 24.4 Å². The van der Waals surface area contributed by atoms with Crippen LogP contribution in [0, 0.1) is 29.6 Å². The van der Waals surface area contributed by atoms with Gasteiger partial charge in [-0.05, 0) is 107 Å². The number of sulfonamides is 1. The Kier molecular flexibility index (Phi) is 11.1. The molecule has 0 unspecified atom stereocenters. The summed E-state index contributed by atoms with van der Waals surface area (Å²) in [6.45, 7) is 7.92. The van der Waals surface area contributed by atoms with Crippen LogP contribution < -0.4 is 19.5 Å². The number of nitrogens with zero attached hydrogens (tertiary/aromatic N) is 3. The van der Waals surface area contributed by atoms with E-state index in [0.29, 0.717) is 78.6 Å². The number of fused-ring (bicyclic) bond motifs is 4. The van der Waals surface area contributed by atoms with E-state index in [-0.39, 0.29) is 43.1 Å². The minimum Gasteiger partial charge on any atom is -0.478 e. The zero-order valence-corrected chi connectivity index (χ0v) is 35.8. The first kappa shape index (κ1) is 41.6. The zero-order chi connectivity index (χ0) is 42.0. The third kappa shape index (κ3) is 8.09. The Morgan fingerprint density at radius 2 is 1.85 bits per heavy atom. The monoisotopic (exact) mass is 853 g/mol. The van der Waals surface area contributed by atoms with Crippen molar-refractivity contribution in [2.45, 2.75) is 133 Å². The average molecular weight is 854 g/mol. The lowest BCUT2D eigenvalue weighted by Gasteiger charge is -2.40. The molecule has 320 valence electrons. The zero-order valence-electron chi connectivity index (χ0n) is 34.2. The van der Waals surface area contributed by atoms with Gasteiger partial charge < -0.3 is 24.8 Å². The quantitative estimate of drug-likeness (QED) is 0.238. The van der Waals surface area contributed by atoms with Gasteiger partial charge in [-0.25, -0.2) is 13.2 Å². The van der Waals surface area contributed by atoms with Crippen LogP contribution in [0.15, 0.2) is 36.4 Å². The highest BCUT2D eigenvalue weighted by Crippen LogP contribution is 2.54. The lowest BCUT2D eigenvalue weighted by molar-refractivity contribution is -0.145. The Morgan fingerprint density at radius 1 is 1.10 bits per heavy atom. The van der Waals surface area contributed by atoms with Gasteiger partial charge in [0.25, 0.3) is 5.91 Å². The van der Waals surface area contributed by atoms with Crippen molar-refractivity contribution in [3.05, 3.63) is 41.4 Å². The second-order valence-electron chi connectivity index (χ2n) is 18.4. The van der Waals surface area contributed by atoms with Crippen molar-refractivity contribution in [1.82, 2.24) is 24.8 Å². The molecule has 0 bridgehead atoms. The molecule has 3 heterocycles. The molecule has 59 heavy (non-hydrogen) atoms. The predicted octanol–water partition coefficient (Wildman–Crippen LogP) is 6.06. The Hall–Kier alpha value is -4.11. The summed E-state index contributed by atoms with van der Waals surface area (Å²) in [6.07, 6.45) is 8.11. The number of carbonyl (C=O) groups excluding carboxylic acids is 3. The van der Waals surface area contributed by atoms with Crippen LogP contribution in [-0.4, -0.2) is 99.8 Å². The van der Waals surface area contributed by atoms with Crippen molar-refractivity contribution in [1.29, 1.82) is 0 Å². The first-order chi connectivity index (χ1) is 28.0. The van der Waals surface area contributed by atoms with Crippen molar-refractivity contribution in [3.63, 3.8) is 0 Å². The molecule has 0 spiro atoms. The van der Waals surface area contributed by atoms with Crippen LogP contribution in [0.25, 0.3) is 10.8 Å². The van der Waals surface area contributed by atoms with Gasteiger partial charge in [-0.2, -0.15) is 4.98 Å². The Labute approximate surface area is 350 Å². The molecule has 0 radical (unpaired) electrons. The topological polar surface area (TPSA) is 185 Å². The Bertz CT molecular complexity index is 2150. The fourth-order valence-corrected chi connectivity index (χ4v) is 11.4. The fraction of sp³-hybridized carbons (Fsp3) is 0.651. The molecule has 4 amide bonds. The summed E-state index contributed by atoms with van der Waals surface area (Å²) in [4.78, 5) is 64.9. The van der Waals surface area contributed by atoms with Gasteiger partial charge in [0, 0.05) is 40.2 Å². The van der Waals surface area contributed by atoms with E-state index < -0.39 is 68.2 Å². The van der Waals surface area contributed by atoms with Gasteiger partial charge in [0.15, 0.2) is 0 Å². The molecular weight excluding hydrogens is 798 g/mol. The summed E-state index contributed by atoms with van der Waals surface area (Å²) >= 11 is 6.63. The molecule has 3 N–H and O–H groups in total. The SMILES string of the molecule is CCCOc1cc2c(Cl)cccc2c(O[C@@H]2C[C@H]3C(=O)N[C@]4(C(=O)NS(=O)(=O)C5(C)CC5)C[C@H]4C=CCC[C@@H](C)C[C@@H](C)[C@H](N(C(=O)O)C4C[C@@H]5C[C@H]5C4)C(=O)N3C2)n1. The minimum absolute atomic E-state index is 0.00587. The van der Waals surface area contributed by atoms with Gasteiger partial charge in [0.1, 0.15) is 23.7 Å². The van der Waals surface area contributed by atoms with Crippen molar-refractivity contribution in [2.24, 2.45) is 29.6 Å². The van der Waals surface area contributed by atoms with Crippen molar-refractivity contribution in [2.75, 3.05) is 13.2 Å². The van der Waals surface area contributed by atoms with Crippen LogP contribution >= 0.6 is 11.6 Å². The molecule has 14 nitrogen and oxygen atoms in total. The molecule has 9 atom stereocenters. The molecule has 8 rings (SSSR count). The normalized spacial score (nSPS) is 32.8. The number of nitrogens with one attached hydrogen (secondary N) is 2. The minimum atomic E-state index is -4.02. The van der Waals surface area contributed by atoms with E-state index in [4.69, 9.17) is 21.1 Å². The summed E-state index contributed by atoms with van der Waals surface area (Å²) in [5.74, 6) is -1.28. The fourth-order valence-electron chi connectivity index (χ4n) is 9.90. The second kappa shape index (κ2) is 15.7. The lowest BCUT2D eigenvalue weighted by Crippen LogP contribution is -2.61. The number of hydrogen-bond acceptors (Lipinski definition) is 9. The van der Waals surface area contributed by atoms with Crippen LogP contribution in [0.3, 0.4) is 0 Å². The molecule has 1 saturated heterocycles. The van der Waals surface area contributed by atoms with E-state index in [1.165, 1.54) is 9.80 Å². The molecule has 1 aromatic carbocycles. The summed E-state index contributed by atoms with van der Waals surface area (Å²) in [6, 6.07) is 4.50. The summed E-state index contributed by atoms with van der Waals surface area (Å²) < 4.78 is 40.3. The smallest absolute Gasteiger partial charge is 0.408 e. The van der Waals surface area contributed by atoms with Crippen LogP contribution in [0.2, 0.25) is 5.02 Å². The molecular formula is C43H56ClN5O9S. The van der Waals surface area contributed by atoms with Crippen LogP contribution in [0.5, 0.6) is 11.8 Å². The molecule has 4 saturated carbocycles. The van der Waals surface area contributed by atoms with Gasteiger partial charge in [-0.3, -0.25) is 24.0 Å². The first-order valence-electron chi connectivity index (χ1n) is 21.3. The number of carbonyl (C=O) groups is 4.